The molecule has 628 valence electrons. The minimum absolute atomic E-state index is 0.991. The maximum absolute atomic E-state index is 4.94. The van der Waals surface area contributed by atoms with Gasteiger partial charge in [0.1, 0.15) is 0 Å². The first-order valence-electron chi connectivity index (χ1n) is 45.8. The van der Waals surface area contributed by atoms with Gasteiger partial charge in [0.25, 0.3) is 0 Å². The summed E-state index contributed by atoms with van der Waals surface area (Å²) in [7, 11) is 0. The first-order chi connectivity index (χ1) is 66.3. The normalized spacial score (nSPS) is 11.8. The van der Waals surface area contributed by atoms with Crippen LogP contribution in [0.5, 0.6) is 0 Å². The molecule has 19 aromatic carbocycles. The first-order valence-corrected chi connectivity index (χ1v) is 45.8. The molecule has 0 saturated heterocycles. The van der Waals surface area contributed by atoms with Crippen LogP contribution in [-0.4, -0.2) is 42.4 Å². The molecule has 0 unspecified atom stereocenters. The molecule has 0 aliphatic heterocycles. The van der Waals surface area contributed by atoms with Crippen LogP contribution in [0.15, 0.2) is 468 Å². The molecule has 0 spiro atoms. The van der Waals surface area contributed by atoms with Crippen molar-refractivity contribution in [1.29, 1.82) is 0 Å². The molecule has 28 rings (SSSR count). The third-order valence-electron chi connectivity index (χ3n) is 27.2. The van der Waals surface area contributed by atoms with Gasteiger partial charge in [-0.25, -0.2) is 0 Å². The summed E-state index contributed by atoms with van der Waals surface area (Å²) in [6.45, 7) is 4.34. The van der Waals surface area contributed by atoms with Gasteiger partial charge in [0.15, 0.2) is 0 Å². The predicted molar refractivity (Wildman–Crippen MR) is 562 cm³/mol. The average molecular weight is 1710 g/mol. The number of hydrogen-bond acceptors (Lipinski definition) is 3. The fraction of sp³-hybridized carbons (Fsp3) is 0.0160. The topological polar surface area (TPSA) is 68.2 Å². The van der Waals surface area contributed by atoms with Crippen LogP contribution >= 0.6 is 0 Å². The largest absolute Gasteiger partial charge is 0.307 e. The molecule has 0 radical (unpaired) electrons. The van der Waals surface area contributed by atoms with Gasteiger partial charge < -0.3 is 27.4 Å². The zero-order valence-electron chi connectivity index (χ0n) is 73.5. The van der Waals surface area contributed by atoms with Crippen molar-refractivity contribution in [3.8, 4) is 78.6 Å². The van der Waals surface area contributed by atoms with E-state index in [1.54, 1.807) is 0 Å². The number of pyridine rings is 3. The second kappa shape index (κ2) is 31.6. The fourth-order valence-electron chi connectivity index (χ4n) is 21.2. The van der Waals surface area contributed by atoms with Gasteiger partial charge in [-0.15, -0.1) is 0 Å². The van der Waals surface area contributed by atoms with E-state index in [0.717, 1.165) is 77.9 Å². The molecular formula is C125H83N9. The lowest BCUT2D eigenvalue weighted by Crippen LogP contribution is -2.00. The van der Waals surface area contributed by atoms with E-state index in [1.807, 2.05) is 36.8 Å². The number of fused-ring (bicyclic) bond motifs is 24. The van der Waals surface area contributed by atoms with Crippen molar-refractivity contribution in [3.63, 3.8) is 0 Å². The summed E-state index contributed by atoms with van der Waals surface area (Å²) in [6, 6.07) is 162. The Morgan fingerprint density at radius 3 is 0.746 bits per heavy atom. The summed E-state index contributed by atoms with van der Waals surface area (Å²) in [5, 5.41) is 18.2. The number of benzene rings is 19. The van der Waals surface area contributed by atoms with E-state index in [-0.39, 0.29) is 0 Å². The van der Waals surface area contributed by atoms with Gasteiger partial charge >= 0.3 is 0 Å². The molecule has 0 atom stereocenters. The maximum Gasteiger partial charge on any atom is 0.0789 e. The quantitative estimate of drug-likeness (QED) is 0.137. The molecule has 0 saturated carbocycles. The Balaban J connectivity index is 0.000000106. The summed E-state index contributed by atoms with van der Waals surface area (Å²) in [5.41, 5.74) is 35.9. The lowest BCUT2D eigenvalue weighted by molar-refractivity contribution is 1.14. The summed E-state index contributed by atoms with van der Waals surface area (Å²) in [5.74, 6) is 0. The van der Waals surface area contributed by atoms with Gasteiger partial charge in [-0.3, -0.25) is 15.0 Å². The molecule has 0 amide bonds. The highest BCUT2D eigenvalue weighted by molar-refractivity contribution is 6.28. The molecule has 134 heavy (non-hydrogen) atoms. The van der Waals surface area contributed by atoms with Crippen LogP contribution < -0.4 is 0 Å². The van der Waals surface area contributed by atoms with E-state index in [4.69, 9.17) is 15.0 Å². The molecule has 0 aliphatic rings. The summed E-state index contributed by atoms with van der Waals surface area (Å²) in [6.07, 6.45) is 6.05. The second-order valence-corrected chi connectivity index (χ2v) is 35.2. The summed E-state index contributed by atoms with van der Waals surface area (Å²) < 4.78 is 14.6. The van der Waals surface area contributed by atoms with Crippen molar-refractivity contribution in [1.82, 2.24) is 42.4 Å². The lowest BCUT2D eigenvalue weighted by atomic mass is 9.98. The average Bonchev–Trinajstić information content (AvgIpc) is 1.55. The Morgan fingerprint density at radius 1 is 0.149 bits per heavy atom. The summed E-state index contributed by atoms with van der Waals surface area (Å²) in [4.78, 5) is 14.7. The highest BCUT2D eigenvalue weighted by Gasteiger charge is 2.28. The van der Waals surface area contributed by atoms with Gasteiger partial charge in [0.2, 0.25) is 0 Å². The minimum atomic E-state index is 0.991. The van der Waals surface area contributed by atoms with Gasteiger partial charge in [0, 0.05) is 97.9 Å². The molecule has 9 aromatic heterocycles. The number of aryl methyl sites for hydroxylation is 2. The SMILES string of the molecule is Cc1ccc2c(c1)c1ccc3c4cc(C)ccc4n(-c4cnc5ccccc5c4)c3c1n2-c1ccccc1.c1ccc(-c2cc(-c3ccccc3)cc(-n3c4ccccc4c4ccc5c6ccccc6n(-c6cnc7ccccc7c6)c5c43)c2)cc1.c1ccc(-c2ccc3c(c2)c2ccc4c5cc(-c6ccccc6)ccc5n(-c5cnc6ccccc6c5)c4c2n3-c2ccccc2)cc1. The third kappa shape index (κ3) is 12.7. The van der Waals surface area contributed by atoms with Crippen molar-refractivity contribution < 1.29 is 0 Å². The van der Waals surface area contributed by atoms with E-state index < -0.39 is 0 Å². The zero-order valence-corrected chi connectivity index (χ0v) is 73.5. The molecule has 9 nitrogen and oxygen atoms in total. The van der Waals surface area contributed by atoms with Gasteiger partial charge in [0.05, 0.1) is 118 Å². The molecule has 9 heteroatoms. The van der Waals surface area contributed by atoms with Crippen LogP contribution in [0.2, 0.25) is 0 Å². The van der Waals surface area contributed by atoms with Crippen LogP contribution in [0.3, 0.4) is 0 Å². The molecule has 0 fully saturated rings. The van der Waals surface area contributed by atoms with Gasteiger partial charge in [-0.05, 0) is 198 Å². The molecular weight excluding hydrogens is 1630 g/mol. The van der Waals surface area contributed by atoms with Crippen LogP contribution in [0, 0.1) is 13.8 Å². The molecule has 0 aliphatic carbocycles. The second-order valence-electron chi connectivity index (χ2n) is 35.2. The third-order valence-corrected chi connectivity index (χ3v) is 27.2. The predicted octanol–water partition coefficient (Wildman–Crippen LogP) is 32.6. The lowest BCUT2D eigenvalue weighted by Gasteiger charge is -2.16. The number of aromatic nitrogens is 9. The molecule has 28 aromatic rings. The zero-order chi connectivity index (χ0) is 88.6. The van der Waals surface area contributed by atoms with E-state index in [9.17, 15) is 0 Å². The Labute approximate surface area is 771 Å². The van der Waals surface area contributed by atoms with Crippen LogP contribution in [0.4, 0.5) is 0 Å². The highest BCUT2D eigenvalue weighted by atomic mass is 15.1. The minimum Gasteiger partial charge on any atom is -0.307 e. The maximum atomic E-state index is 4.94. The Hall–Kier alpha value is -17.8. The molecule has 0 N–H and O–H groups in total. The van der Waals surface area contributed by atoms with Crippen LogP contribution in [0.1, 0.15) is 11.1 Å². The van der Waals surface area contributed by atoms with E-state index in [2.05, 4.69) is 472 Å². The van der Waals surface area contributed by atoms with Crippen molar-refractivity contribution in [2.24, 2.45) is 0 Å². The Morgan fingerprint density at radius 2 is 0.403 bits per heavy atom. The molecule has 9 heterocycles. The van der Waals surface area contributed by atoms with Gasteiger partial charge in [-0.1, -0.05) is 321 Å². The monoisotopic (exact) mass is 1710 g/mol. The highest BCUT2D eigenvalue weighted by Crippen LogP contribution is 2.49. The van der Waals surface area contributed by atoms with E-state index in [0.29, 0.717) is 0 Å². The Bertz CT molecular complexity index is 9520. The van der Waals surface area contributed by atoms with Crippen LogP contribution in [-0.2, 0) is 0 Å². The van der Waals surface area contributed by atoms with Crippen LogP contribution in [0.25, 0.3) is 242 Å². The van der Waals surface area contributed by atoms with Gasteiger partial charge in [-0.2, -0.15) is 0 Å². The van der Waals surface area contributed by atoms with Crippen molar-refractivity contribution >= 4 is 164 Å². The van der Waals surface area contributed by atoms with Crippen molar-refractivity contribution in [3.05, 3.63) is 479 Å². The smallest absolute Gasteiger partial charge is 0.0789 e. The summed E-state index contributed by atoms with van der Waals surface area (Å²) >= 11 is 0. The fourth-order valence-corrected chi connectivity index (χ4v) is 21.2. The number of hydrogen-bond donors (Lipinski definition) is 0. The van der Waals surface area contributed by atoms with E-state index >= 15 is 0 Å². The van der Waals surface area contributed by atoms with Crippen molar-refractivity contribution in [2.75, 3.05) is 0 Å². The first kappa shape index (κ1) is 77.4. The number of nitrogens with zero attached hydrogens (tertiary/aromatic N) is 9. The number of para-hydroxylation sites is 7. The molecule has 0 bridgehead atoms. The number of rotatable bonds is 10. The Kier molecular flexibility index (Phi) is 18.2. The van der Waals surface area contributed by atoms with Crippen molar-refractivity contribution in [2.45, 2.75) is 13.8 Å². The standard InChI is InChI=1S/2C45H29N3.C35H25N3/c1-4-12-30(13-5-1)32-20-24-42-39(27-32)37-22-23-38-40-28-33(31-14-6-2-7-15-31)21-25-43(40)48(36-26-34-16-10-11-19-41(34)46-29-36)45(38)44(37)47(42)35-17-8-3-9-18-35;1-3-13-30(14-4-1)33-25-34(31-15-5-2-6-16-31)28-35(27-33)47-42-21-11-8-18-37(42)39-23-24-40-38-19-9-12-22-43(38)48(45(40)44(39)47)36-26-32-17-7-10-20-41(32)46-29-36;1-22-12-16-32-29(18-22)27-14-15-28-30-19-23(2)13-17-33(30)38(26-20-24-8-6-7-11-31(24)36-21-26)35(28)34(27)37(32)25-9-4-3-5-10-25/h2*1-29H;3-21H,1-2H3. The van der Waals surface area contributed by atoms with E-state index in [1.165, 1.54) is 175 Å².